The molecular formula is C7H3ClINO5S. The van der Waals surface area contributed by atoms with Gasteiger partial charge in [-0.25, -0.2) is 8.42 Å². The van der Waals surface area contributed by atoms with Crippen molar-refractivity contribution in [2.75, 3.05) is 0 Å². The number of hydrogen-bond donors (Lipinski definition) is 0. The maximum atomic E-state index is 11.1. The Hall–Kier alpha value is -0.740. The lowest BCUT2D eigenvalue weighted by molar-refractivity contribution is -0.385. The SMILES string of the molecule is O=Cc1cc(I)c(S(=O)(=O)Cl)cc1[N+](=O)[O-]. The zero-order chi connectivity index (χ0) is 12.5. The Kier molecular flexibility index (Phi) is 3.86. The highest BCUT2D eigenvalue weighted by molar-refractivity contribution is 14.1. The second-order valence-corrected chi connectivity index (χ2v) is 6.35. The van der Waals surface area contributed by atoms with Gasteiger partial charge in [-0.15, -0.1) is 0 Å². The van der Waals surface area contributed by atoms with Crippen LogP contribution in [-0.4, -0.2) is 19.6 Å². The molecule has 0 saturated carbocycles. The molecule has 0 atom stereocenters. The summed E-state index contributed by atoms with van der Waals surface area (Å²) in [6.07, 6.45) is 0.283. The van der Waals surface area contributed by atoms with Gasteiger partial charge in [0.1, 0.15) is 4.90 Å². The van der Waals surface area contributed by atoms with E-state index in [0.717, 1.165) is 12.1 Å². The van der Waals surface area contributed by atoms with E-state index >= 15 is 0 Å². The molecular weight excluding hydrogens is 373 g/mol. The monoisotopic (exact) mass is 375 g/mol. The van der Waals surface area contributed by atoms with E-state index in [-0.39, 0.29) is 20.3 Å². The molecule has 0 bridgehead atoms. The number of benzene rings is 1. The van der Waals surface area contributed by atoms with Crippen molar-refractivity contribution in [3.8, 4) is 0 Å². The largest absolute Gasteiger partial charge is 0.298 e. The average molecular weight is 376 g/mol. The molecule has 0 radical (unpaired) electrons. The topological polar surface area (TPSA) is 94.3 Å². The van der Waals surface area contributed by atoms with Gasteiger partial charge in [-0.2, -0.15) is 0 Å². The molecule has 0 saturated heterocycles. The summed E-state index contributed by atoms with van der Waals surface area (Å²) in [5.41, 5.74) is -0.784. The molecule has 1 aromatic carbocycles. The molecule has 0 fully saturated rings. The highest BCUT2D eigenvalue weighted by Gasteiger charge is 2.22. The molecule has 0 aromatic heterocycles. The molecule has 0 amide bonds. The molecule has 16 heavy (non-hydrogen) atoms. The number of carbonyl (C=O) groups excluding carboxylic acids is 1. The molecule has 6 nitrogen and oxygen atoms in total. The molecule has 0 aliphatic heterocycles. The van der Waals surface area contributed by atoms with Crippen LogP contribution in [0.5, 0.6) is 0 Å². The van der Waals surface area contributed by atoms with E-state index in [1.165, 1.54) is 0 Å². The Morgan fingerprint density at radius 3 is 2.38 bits per heavy atom. The molecule has 0 N–H and O–H groups in total. The predicted octanol–water partition coefficient (Wildman–Crippen LogP) is 1.94. The van der Waals surface area contributed by atoms with E-state index in [1.807, 2.05) is 0 Å². The van der Waals surface area contributed by atoms with Crippen LogP contribution in [0.2, 0.25) is 0 Å². The van der Waals surface area contributed by atoms with Gasteiger partial charge in [0, 0.05) is 20.3 Å². The first-order valence-corrected chi connectivity index (χ1v) is 7.04. The standard InChI is InChI=1S/C7H3ClINO5S/c8-16(14,15)7-2-6(10(12)13)4(3-11)1-5(7)9/h1-3H. The Bertz CT molecular complexity index is 570. The highest BCUT2D eigenvalue weighted by atomic mass is 127. The fourth-order valence-electron chi connectivity index (χ4n) is 0.997. The number of halogens is 2. The van der Waals surface area contributed by atoms with Gasteiger partial charge in [0.15, 0.2) is 6.29 Å². The van der Waals surface area contributed by atoms with Crippen LogP contribution in [0.15, 0.2) is 17.0 Å². The summed E-state index contributed by atoms with van der Waals surface area (Å²) in [6.45, 7) is 0. The zero-order valence-corrected chi connectivity index (χ0v) is 11.1. The number of rotatable bonds is 3. The van der Waals surface area contributed by atoms with E-state index < -0.39 is 19.7 Å². The van der Waals surface area contributed by atoms with Crippen LogP contribution in [0.3, 0.4) is 0 Å². The average Bonchev–Trinajstić information content (AvgIpc) is 2.14. The molecule has 0 spiro atoms. The van der Waals surface area contributed by atoms with E-state index in [0.29, 0.717) is 0 Å². The number of nitro groups is 1. The number of nitrogens with zero attached hydrogens (tertiary/aromatic N) is 1. The molecule has 9 heteroatoms. The Morgan fingerprint density at radius 2 is 2.00 bits per heavy atom. The van der Waals surface area contributed by atoms with E-state index in [2.05, 4.69) is 0 Å². The van der Waals surface area contributed by atoms with Crippen LogP contribution in [0.25, 0.3) is 0 Å². The quantitative estimate of drug-likeness (QED) is 0.264. The van der Waals surface area contributed by atoms with E-state index in [4.69, 9.17) is 10.7 Å². The summed E-state index contributed by atoms with van der Waals surface area (Å²) in [5, 5.41) is 10.6. The first-order valence-electron chi connectivity index (χ1n) is 3.65. The van der Waals surface area contributed by atoms with Crippen molar-refractivity contribution < 1.29 is 18.1 Å². The van der Waals surface area contributed by atoms with Crippen molar-refractivity contribution in [2.45, 2.75) is 4.90 Å². The third kappa shape index (κ3) is 2.68. The van der Waals surface area contributed by atoms with Crippen molar-refractivity contribution in [1.82, 2.24) is 0 Å². The van der Waals surface area contributed by atoms with Crippen LogP contribution in [0.4, 0.5) is 5.69 Å². The van der Waals surface area contributed by atoms with E-state index in [9.17, 15) is 23.3 Å². The van der Waals surface area contributed by atoms with Gasteiger partial charge in [0.25, 0.3) is 14.7 Å². The summed E-state index contributed by atoms with van der Waals surface area (Å²) < 4.78 is 22.3. The van der Waals surface area contributed by atoms with Gasteiger partial charge in [-0.05, 0) is 28.7 Å². The van der Waals surface area contributed by atoms with Gasteiger partial charge in [0.2, 0.25) is 0 Å². The Morgan fingerprint density at radius 1 is 1.44 bits per heavy atom. The molecule has 0 heterocycles. The van der Waals surface area contributed by atoms with Crippen LogP contribution in [0.1, 0.15) is 10.4 Å². The van der Waals surface area contributed by atoms with Crippen molar-refractivity contribution in [1.29, 1.82) is 0 Å². The minimum atomic E-state index is -4.07. The van der Waals surface area contributed by atoms with Crippen LogP contribution >= 0.6 is 33.3 Å². The minimum absolute atomic E-state index is 0.153. The van der Waals surface area contributed by atoms with Crippen LogP contribution < -0.4 is 0 Å². The lowest BCUT2D eigenvalue weighted by Crippen LogP contribution is -2.01. The molecule has 86 valence electrons. The van der Waals surface area contributed by atoms with Gasteiger partial charge >= 0.3 is 0 Å². The summed E-state index contributed by atoms with van der Waals surface area (Å²) in [6, 6.07) is 1.87. The molecule has 0 unspecified atom stereocenters. The van der Waals surface area contributed by atoms with Gasteiger partial charge in [-0.3, -0.25) is 14.9 Å². The van der Waals surface area contributed by atoms with E-state index in [1.54, 1.807) is 22.6 Å². The third-order valence-electron chi connectivity index (χ3n) is 1.67. The first kappa shape index (κ1) is 13.3. The summed E-state index contributed by atoms with van der Waals surface area (Å²) in [5.74, 6) is 0. The number of aldehydes is 1. The smallest absolute Gasteiger partial charge is 0.281 e. The molecule has 1 aromatic rings. The highest BCUT2D eigenvalue weighted by Crippen LogP contribution is 2.28. The maximum Gasteiger partial charge on any atom is 0.281 e. The maximum absolute atomic E-state index is 11.1. The second kappa shape index (κ2) is 4.63. The van der Waals surface area contributed by atoms with Gasteiger partial charge in [-0.1, -0.05) is 0 Å². The zero-order valence-electron chi connectivity index (χ0n) is 7.38. The molecule has 0 aliphatic rings. The normalized spacial score (nSPS) is 11.1. The second-order valence-electron chi connectivity index (χ2n) is 2.65. The lowest BCUT2D eigenvalue weighted by atomic mass is 10.2. The van der Waals surface area contributed by atoms with Crippen molar-refractivity contribution in [3.05, 3.63) is 31.4 Å². The number of hydrogen-bond acceptors (Lipinski definition) is 5. The lowest BCUT2D eigenvalue weighted by Gasteiger charge is -2.02. The van der Waals surface area contributed by atoms with Gasteiger partial charge < -0.3 is 0 Å². The fourth-order valence-corrected chi connectivity index (χ4v) is 3.68. The summed E-state index contributed by atoms with van der Waals surface area (Å²) in [7, 11) is 1.02. The molecule has 0 aliphatic carbocycles. The van der Waals surface area contributed by atoms with Crippen LogP contribution in [-0.2, 0) is 9.05 Å². The van der Waals surface area contributed by atoms with Gasteiger partial charge in [0.05, 0.1) is 10.5 Å². The minimum Gasteiger partial charge on any atom is -0.298 e. The summed E-state index contributed by atoms with van der Waals surface area (Å²) >= 11 is 1.63. The first-order chi connectivity index (χ1) is 7.27. The third-order valence-corrected chi connectivity index (χ3v) is 4.29. The van der Waals surface area contributed by atoms with Crippen molar-refractivity contribution in [3.63, 3.8) is 0 Å². The number of nitro benzene ring substituents is 1. The Balaban J connectivity index is 3.64. The fraction of sp³-hybridized carbons (Fsp3) is 0. The number of carbonyl (C=O) groups is 1. The van der Waals surface area contributed by atoms with Crippen LogP contribution in [0, 0.1) is 13.7 Å². The molecule has 1 rings (SSSR count). The van der Waals surface area contributed by atoms with Crippen molar-refractivity contribution >= 4 is 54.3 Å². The van der Waals surface area contributed by atoms with Crippen molar-refractivity contribution in [2.24, 2.45) is 0 Å². The summed E-state index contributed by atoms with van der Waals surface area (Å²) in [4.78, 5) is 19.9. The Labute approximate surface area is 108 Å². The predicted molar refractivity (Wildman–Crippen MR) is 64.2 cm³/mol.